The lowest BCUT2D eigenvalue weighted by molar-refractivity contribution is -0.138. The van der Waals surface area contributed by atoms with Gasteiger partial charge >= 0.3 is 12.0 Å². The highest BCUT2D eigenvalue weighted by Crippen LogP contribution is 1.95. The molecule has 0 aliphatic rings. The molecule has 0 spiro atoms. The summed E-state index contributed by atoms with van der Waals surface area (Å²) in [5, 5.41) is 13.3. The van der Waals surface area contributed by atoms with Gasteiger partial charge in [0.1, 0.15) is 6.04 Å². The van der Waals surface area contributed by atoms with E-state index in [-0.39, 0.29) is 0 Å². The van der Waals surface area contributed by atoms with Crippen molar-refractivity contribution in [1.82, 2.24) is 10.6 Å². The van der Waals surface area contributed by atoms with Gasteiger partial charge in [0.15, 0.2) is 0 Å². The first-order chi connectivity index (χ1) is 7.07. The van der Waals surface area contributed by atoms with Crippen LogP contribution in [0.4, 0.5) is 4.79 Å². The van der Waals surface area contributed by atoms with Crippen molar-refractivity contribution in [3.8, 4) is 12.3 Å². The predicted molar refractivity (Wildman–Crippen MR) is 59.8 cm³/mol. The number of urea groups is 1. The molecule has 0 radical (unpaired) electrons. The van der Waals surface area contributed by atoms with Crippen molar-refractivity contribution in [1.29, 1.82) is 0 Å². The van der Waals surface area contributed by atoms with Crippen LogP contribution in [0.15, 0.2) is 0 Å². The number of hydrogen-bond donors (Lipinski definition) is 3. The van der Waals surface area contributed by atoms with Crippen LogP contribution in [0.25, 0.3) is 0 Å². The zero-order chi connectivity index (χ0) is 11.7. The number of carboxylic acids is 1. The smallest absolute Gasteiger partial charge is 0.325 e. The lowest BCUT2D eigenvalue weighted by Gasteiger charge is -2.10. The Morgan fingerprint density at radius 1 is 1.60 bits per heavy atom. The van der Waals surface area contributed by atoms with E-state index in [2.05, 4.69) is 16.6 Å². The topological polar surface area (TPSA) is 78.4 Å². The van der Waals surface area contributed by atoms with Gasteiger partial charge in [-0.1, -0.05) is 5.92 Å². The molecule has 2 amide bonds. The Kier molecular flexibility index (Phi) is 7.28. The molecule has 5 nitrogen and oxygen atoms in total. The summed E-state index contributed by atoms with van der Waals surface area (Å²) < 4.78 is 0. The normalized spacial score (nSPS) is 11.2. The first-order valence-electron chi connectivity index (χ1n) is 4.36. The largest absolute Gasteiger partial charge is 0.480 e. The number of carboxylic acid groups (broad SMARTS) is 1. The van der Waals surface area contributed by atoms with Crippen molar-refractivity contribution in [3.63, 3.8) is 0 Å². The monoisotopic (exact) mass is 230 g/mol. The molecule has 0 aromatic heterocycles. The number of terminal acetylenes is 1. The van der Waals surface area contributed by atoms with Crippen LogP contribution >= 0.6 is 11.8 Å². The van der Waals surface area contributed by atoms with Crippen molar-refractivity contribution in [2.24, 2.45) is 0 Å². The number of thioether (sulfide) groups is 1. The second kappa shape index (κ2) is 8.00. The lowest BCUT2D eigenvalue weighted by atomic mass is 10.3. The van der Waals surface area contributed by atoms with Crippen LogP contribution in [0.1, 0.15) is 6.92 Å². The maximum absolute atomic E-state index is 11.1. The van der Waals surface area contributed by atoms with Crippen molar-refractivity contribution in [2.45, 2.75) is 13.0 Å². The third-order valence-electron chi connectivity index (χ3n) is 1.44. The molecule has 0 rings (SSSR count). The Labute approximate surface area is 93.0 Å². The molecule has 0 aliphatic heterocycles. The van der Waals surface area contributed by atoms with Gasteiger partial charge < -0.3 is 15.7 Å². The van der Waals surface area contributed by atoms with Crippen molar-refractivity contribution >= 4 is 23.8 Å². The first-order valence-corrected chi connectivity index (χ1v) is 5.51. The summed E-state index contributed by atoms with van der Waals surface area (Å²) >= 11 is 1.53. The molecular formula is C9H14N2O3S. The third-order valence-corrected chi connectivity index (χ3v) is 2.30. The minimum atomic E-state index is -1.06. The molecule has 0 saturated heterocycles. The summed E-state index contributed by atoms with van der Waals surface area (Å²) in [5.74, 6) is 2.71. The molecular weight excluding hydrogens is 216 g/mol. The number of carbonyl (C=O) groups excluding carboxylic acids is 1. The summed E-state index contributed by atoms with van der Waals surface area (Å²) in [7, 11) is 0. The molecule has 3 N–H and O–H groups in total. The Morgan fingerprint density at radius 2 is 2.27 bits per heavy atom. The minimum absolute atomic E-state index is 0.463. The molecule has 0 unspecified atom stereocenters. The van der Waals surface area contributed by atoms with Gasteiger partial charge in [-0.2, -0.15) is 0 Å². The van der Waals surface area contributed by atoms with E-state index in [1.165, 1.54) is 18.7 Å². The number of carbonyl (C=O) groups is 2. The van der Waals surface area contributed by atoms with Gasteiger partial charge in [0.2, 0.25) is 0 Å². The van der Waals surface area contributed by atoms with Crippen molar-refractivity contribution in [2.75, 3.05) is 18.1 Å². The maximum atomic E-state index is 11.1. The number of amides is 2. The Balaban J connectivity index is 3.50. The highest BCUT2D eigenvalue weighted by molar-refractivity contribution is 7.99. The molecule has 0 heterocycles. The number of rotatable bonds is 6. The quantitative estimate of drug-likeness (QED) is 0.447. The molecule has 84 valence electrons. The second-order valence-corrected chi connectivity index (χ2v) is 3.82. The summed E-state index contributed by atoms with van der Waals surface area (Å²) in [6.45, 7) is 1.86. The van der Waals surface area contributed by atoms with Gasteiger partial charge in [0.25, 0.3) is 0 Å². The fourth-order valence-electron chi connectivity index (χ4n) is 0.677. The van der Waals surface area contributed by atoms with E-state index >= 15 is 0 Å². The Morgan fingerprint density at radius 3 is 2.80 bits per heavy atom. The van der Waals surface area contributed by atoms with E-state index in [4.69, 9.17) is 11.5 Å². The highest BCUT2D eigenvalue weighted by atomic mass is 32.2. The summed E-state index contributed by atoms with van der Waals surface area (Å²) in [4.78, 5) is 21.4. The lowest BCUT2D eigenvalue weighted by Crippen LogP contribution is -2.44. The molecule has 0 aliphatic carbocycles. The van der Waals surface area contributed by atoms with Crippen LogP contribution < -0.4 is 10.6 Å². The van der Waals surface area contributed by atoms with E-state index in [1.54, 1.807) is 0 Å². The van der Waals surface area contributed by atoms with E-state index in [9.17, 15) is 9.59 Å². The van der Waals surface area contributed by atoms with Gasteiger partial charge in [-0.15, -0.1) is 18.2 Å². The molecule has 6 heteroatoms. The standard InChI is InChI=1S/C9H14N2O3S/c1-3-5-15-6-4-10-9(14)11-7(2)8(12)13/h1,7H,4-6H2,2H3,(H,12,13)(H2,10,11,14)/t7-/m1/s1. The van der Waals surface area contributed by atoms with Crippen LogP contribution in [-0.4, -0.2) is 41.2 Å². The number of aliphatic carboxylic acids is 1. The minimum Gasteiger partial charge on any atom is -0.480 e. The van der Waals surface area contributed by atoms with Crippen LogP contribution in [0.3, 0.4) is 0 Å². The molecule has 0 aromatic rings. The van der Waals surface area contributed by atoms with Gasteiger partial charge in [0, 0.05) is 12.3 Å². The molecule has 0 saturated carbocycles. The maximum Gasteiger partial charge on any atom is 0.325 e. The highest BCUT2D eigenvalue weighted by Gasteiger charge is 2.12. The van der Waals surface area contributed by atoms with E-state index in [0.29, 0.717) is 18.1 Å². The van der Waals surface area contributed by atoms with Crippen LogP contribution in [0.2, 0.25) is 0 Å². The van der Waals surface area contributed by atoms with Gasteiger partial charge in [-0.05, 0) is 6.92 Å². The number of nitrogens with one attached hydrogen (secondary N) is 2. The second-order valence-electron chi connectivity index (χ2n) is 2.72. The Hall–Kier alpha value is -1.35. The number of hydrogen-bond acceptors (Lipinski definition) is 3. The third kappa shape index (κ3) is 7.70. The van der Waals surface area contributed by atoms with Gasteiger partial charge in [-0.3, -0.25) is 4.79 Å². The zero-order valence-corrected chi connectivity index (χ0v) is 9.26. The van der Waals surface area contributed by atoms with E-state index in [0.717, 1.165) is 0 Å². The Bertz CT molecular complexity index is 263. The fraction of sp³-hybridized carbons (Fsp3) is 0.556. The van der Waals surface area contributed by atoms with E-state index < -0.39 is 18.0 Å². The van der Waals surface area contributed by atoms with E-state index in [1.807, 2.05) is 0 Å². The van der Waals surface area contributed by atoms with Crippen molar-refractivity contribution < 1.29 is 14.7 Å². The summed E-state index contributed by atoms with van der Waals surface area (Å²) in [5.41, 5.74) is 0. The molecule has 15 heavy (non-hydrogen) atoms. The van der Waals surface area contributed by atoms with Crippen LogP contribution in [-0.2, 0) is 4.79 Å². The average molecular weight is 230 g/mol. The molecule has 1 atom stereocenters. The molecule has 0 fully saturated rings. The van der Waals surface area contributed by atoms with Gasteiger partial charge in [0.05, 0.1) is 5.75 Å². The fourth-order valence-corrected chi connectivity index (χ4v) is 1.19. The van der Waals surface area contributed by atoms with Crippen LogP contribution in [0, 0.1) is 12.3 Å². The van der Waals surface area contributed by atoms with Crippen LogP contribution in [0.5, 0.6) is 0 Å². The first kappa shape index (κ1) is 13.7. The molecule has 0 bridgehead atoms. The molecule has 0 aromatic carbocycles. The SMILES string of the molecule is C#CCSCCNC(=O)N[C@H](C)C(=O)O. The predicted octanol–water partition coefficient (Wildman–Crippen LogP) is 0.125. The summed E-state index contributed by atoms with van der Waals surface area (Å²) in [6, 6.07) is -1.37. The van der Waals surface area contributed by atoms with Gasteiger partial charge in [-0.25, -0.2) is 4.79 Å². The zero-order valence-electron chi connectivity index (χ0n) is 8.45. The summed E-state index contributed by atoms with van der Waals surface area (Å²) in [6.07, 6.45) is 5.03. The van der Waals surface area contributed by atoms with Crippen molar-refractivity contribution in [3.05, 3.63) is 0 Å². The average Bonchev–Trinajstić information content (AvgIpc) is 2.17.